The lowest BCUT2D eigenvalue weighted by atomic mass is 10.1. The Hall–Kier alpha value is -2.74. The van der Waals surface area contributed by atoms with Gasteiger partial charge in [0.1, 0.15) is 0 Å². The van der Waals surface area contributed by atoms with Gasteiger partial charge in [0.15, 0.2) is 5.13 Å². The summed E-state index contributed by atoms with van der Waals surface area (Å²) < 4.78 is 2.68. The second kappa shape index (κ2) is 6.64. The molecule has 0 aliphatic heterocycles. The first kappa shape index (κ1) is 17.1. The zero-order chi connectivity index (χ0) is 18.1. The van der Waals surface area contributed by atoms with E-state index < -0.39 is 0 Å². The number of aromatic nitrogens is 3. The van der Waals surface area contributed by atoms with Crippen LogP contribution in [0.25, 0.3) is 10.2 Å². The number of hydrogen-bond acceptors (Lipinski definition) is 5. The molecule has 130 valence electrons. The highest BCUT2D eigenvalue weighted by molar-refractivity contribution is 7.22. The molecule has 0 radical (unpaired) electrons. The van der Waals surface area contributed by atoms with Crippen LogP contribution in [0, 0.1) is 13.8 Å². The summed E-state index contributed by atoms with van der Waals surface area (Å²) in [5.74, 6) is -0.250. The van der Waals surface area contributed by atoms with Crippen molar-refractivity contribution in [3.8, 4) is 0 Å². The van der Waals surface area contributed by atoms with Gasteiger partial charge in [-0.3, -0.25) is 14.3 Å². The van der Waals surface area contributed by atoms with Gasteiger partial charge in [-0.1, -0.05) is 11.3 Å². The molecule has 0 atom stereocenters. The largest absolute Gasteiger partial charge is 0.326 e. The van der Waals surface area contributed by atoms with Gasteiger partial charge in [-0.05, 0) is 32.0 Å². The molecule has 0 bridgehead atoms. The third-order valence-electron chi connectivity index (χ3n) is 3.95. The maximum atomic E-state index is 12.4. The number of fused-ring (bicyclic) bond motifs is 1. The van der Waals surface area contributed by atoms with Crippen LogP contribution in [0.15, 0.2) is 18.2 Å². The molecule has 1 aromatic carbocycles. The van der Waals surface area contributed by atoms with E-state index in [2.05, 4.69) is 20.7 Å². The summed E-state index contributed by atoms with van der Waals surface area (Å²) in [4.78, 5) is 27.8. The van der Waals surface area contributed by atoms with Crippen molar-refractivity contribution in [1.82, 2.24) is 14.8 Å². The number of nitrogens with zero attached hydrogens (tertiary/aromatic N) is 3. The van der Waals surface area contributed by atoms with E-state index in [1.165, 1.54) is 18.3 Å². The first-order valence-corrected chi connectivity index (χ1v) is 8.62. The van der Waals surface area contributed by atoms with Crippen molar-refractivity contribution in [2.24, 2.45) is 7.05 Å². The fourth-order valence-electron chi connectivity index (χ4n) is 2.65. The number of carbonyl (C=O) groups excluding carboxylic acids is 2. The smallest absolute Gasteiger partial charge is 0.228 e. The molecule has 2 heterocycles. The molecule has 0 aliphatic rings. The first-order valence-electron chi connectivity index (χ1n) is 7.80. The normalized spacial score (nSPS) is 10.9. The zero-order valence-electron chi connectivity index (χ0n) is 14.5. The monoisotopic (exact) mass is 357 g/mol. The van der Waals surface area contributed by atoms with Crippen molar-refractivity contribution >= 4 is 44.2 Å². The Labute approximate surface area is 149 Å². The number of benzene rings is 1. The van der Waals surface area contributed by atoms with Crippen molar-refractivity contribution < 1.29 is 9.59 Å². The molecule has 3 rings (SSSR count). The predicted octanol–water partition coefficient (Wildman–Crippen LogP) is 2.79. The lowest BCUT2D eigenvalue weighted by Gasteiger charge is -2.06. The van der Waals surface area contributed by atoms with Crippen LogP contribution < -0.4 is 10.6 Å². The Kier molecular flexibility index (Phi) is 4.54. The molecule has 0 unspecified atom stereocenters. The van der Waals surface area contributed by atoms with Crippen molar-refractivity contribution in [3.05, 3.63) is 35.2 Å². The summed E-state index contributed by atoms with van der Waals surface area (Å²) in [5, 5.41) is 10.5. The van der Waals surface area contributed by atoms with Gasteiger partial charge in [-0.25, -0.2) is 4.98 Å². The van der Waals surface area contributed by atoms with E-state index in [4.69, 9.17) is 0 Å². The number of aryl methyl sites for hydroxylation is 2. The average molecular weight is 357 g/mol. The van der Waals surface area contributed by atoms with Crippen LogP contribution in [-0.2, 0) is 23.1 Å². The van der Waals surface area contributed by atoms with Gasteiger partial charge >= 0.3 is 0 Å². The van der Waals surface area contributed by atoms with Crippen LogP contribution in [0.2, 0.25) is 0 Å². The fraction of sp³-hybridized carbons (Fsp3) is 0.294. The van der Waals surface area contributed by atoms with E-state index in [-0.39, 0.29) is 18.2 Å². The van der Waals surface area contributed by atoms with E-state index in [9.17, 15) is 9.59 Å². The van der Waals surface area contributed by atoms with Gasteiger partial charge in [-0.2, -0.15) is 5.10 Å². The quantitative estimate of drug-likeness (QED) is 0.751. The summed E-state index contributed by atoms with van der Waals surface area (Å²) in [7, 11) is 1.87. The van der Waals surface area contributed by atoms with Crippen LogP contribution in [0.5, 0.6) is 0 Å². The van der Waals surface area contributed by atoms with Gasteiger partial charge in [-0.15, -0.1) is 0 Å². The second-order valence-electron chi connectivity index (χ2n) is 5.88. The van der Waals surface area contributed by atoms with E-state index >= 15 is 0 Å². The molecule has 2 N–H and O–H groups in total. The van der Waals surface area contributed by atoms with Crippen LogP contribution in [-0.4, -0.2) is 26.6 Å². The highest BCUT2D eigenvalue weighted by atomic mass is 32.1. The molecule has 8 heteroatoms. The Morgan fingerprint density at radius 1 is 1.24 bits per heavy atom. The molecule has 25 heavy (non-hydrogen) atoms. The number of rotatable bonds is 4. The number of anilines is 2. The third-order valence-corrected chi connectivity index (χ3v) is 4.88. The van der Waals surface area contributed by atoms with Crippen molar-refractivity contribution in [3.63, 3.8) is 0 Å². The van der Waals surface area contributed by atoms with Crippen LogP contribution >= 0.6 is 11.3 Å². The van der Waals surface area contributed by atoms with Gasteiger partial charge in [0.25, 0.3) is 0 Å². The fourth-order valence-corrected chi connectivity index (χ4v) is 3.60. The minimum atomic E-state index is -0.158. The Balaban J connectivity index is 1.75. The SMILES string of the molecule is CC(=O)Nc1nc2ccc(NC(=O)Cc3c(C)nn(C)c3C)cc2s1. The molecule has 3 aromatic rings. The number of carbonyl (C=O) groups is 2. The molecular formula is C17H19N5O2S. The molecule has 2 aromatic heterocycles. The van der Waals surface area contributed by atoms with Crippen molar-refractivity contribution in [1.29, 1.82) is 0 Å². The minimum absolute atomic E-state index is 0.0925. The second-order valence-corrected chi connectivity index (χ2v) is 6.91. The summed E-state index contributed by atoms with van der Waals surface area (Å²) >= 11 is 1.37. The van der Waals surface area contributed by atoms with Gasteiger partial charge in [0.2, 0.25) is 11.8 Å². The molecule has 7 nitrogen and oxygen atoms in total. The Morgan fingerprint density at radius 3 is 2.64 bits per heavy atom. The molecule has 2 amide bonds. The summed E-state index contributed by atoms with van der Waals surface area (Å²) in [6.07, 6.45) is 0.281. The standard InChI is InChI=1S/C17H19N5O2S/c1-9-13(10(2)22(4)21-9)8-16(24)19-12-5-6-14-15(7-12)25-17(20-14)18-11(3)23/h5-7H,8H2,1-4H3,(H,19,24)(H,18,20,23). The first-order chi connectivity index (χ1) is 11.8. The zero-order valence-corrected chi connectivity index (χ0v) is 15.3. The van der Waals surface area contributed by atoms with E-state index in [0.29, 0.717) is 10.8 Å². The van der Waals surface area contributed by atoms with Gasteiger partial charge < -0.3 is 10.6 Å². The number of hydrogen-bond donors (Lipinski definition) is 2. The Bertz CT molecular complexity index is 973. The topological polar surface area (TPSA) is 88.9 Å². The summed E-state index contributed by atoms with van der Waals surface area (Å²) in [6, 6.07) is 5.49. The van der Waals surface area contributed by atoms with Crippen LogP contribution in [0.4, 0.5) is 10.8 Å². The molecule has 0 saturated heterocycles. The molecule has 0 fully saturated rings. The van der Waals surface area contributed by atoms with E-state index in [0.717, 1.165) is 27.2 Å². The minimum Gasteiger partial charge on any atom is -0.326 e. The maximum Gasteiger partial charge on any atom is 0.228 e. The molecular weight excluding hydrogens is 338 g/mol. The highest BCUT2D eigenvalue weighted by Gasteiger charge is 2.14. The summed E-state index contributed by atoms with van der Waals surface area (Å²) in [5.41, 5.74) is 4.30. The predicted molar refractivity (Wildman–Crippen MR) is 98.9 cm³/mol. The van der Waals surface area contributed by atoms with Crippen LogP contribution in [0.1, 0.15) is 23.9 Å². The molecule has 0 spiro atoms. The number of nitrogens with one attached hydrogen (secondary N) is 2. The summed E-state index contributed by atoms with van der Waals surface area (Å²) in [6.45, 7) is 5.30. The number of thiazole rings is 1. The highest BCUT2D eigenvalue weighted by Crippen LogP contribution is 2.28. The maximum absolute atomic E-state index is 12.4. The van der Waals surface area contributed by atoms with Crippen molar-refractivity contribution in [2.75, 3.05) is 10.6 Å². The molecule has 0 aliphatic carbocycles. The third kappa shape index (κ3) is 3.69. The lowest BCUT2D eigenvalue weighted by molar-refractivity contribution is -0.116. The number of amides is 2. The van der Waals surface area contributed by atoms with Gasteiger partial charge in [0.05, 0.1) is 22.3 Å². The van der Waals surface area contributed by atoms with Crippen molar-refractivity contribution in [2.45, 2.75) is 27.2 Å². The van der Waals surface area contributed by atoms with Gasteiger partial charge in [0, 0.05) is 30.9 Å². The van der Waals surface area contributed by atoms with E-state index in [1.807, 2.05) is 33.0 Å². The van der Waals surface area contributed by atoms with E-state index in [1.54, 1.807) is 10.7 Å². The van der Waals surface area contributed by atoms with Crippen LogP contribution in [0.3, 0.4) is 0 Å². The molecule has 0 saturated carbocycles. The Morgan fingerprint density at radius 2 is 2.00 bits per heavy atom. The average Bonchev–Trinajstić information content (AvgIpc) is 3.01. The lowest BCUT2D eigenvalue weighted by Crippen LogP contribution is -2.15.